The number of methoxy groups -OCH3 is 1. The lowest BCUT2D eigenvalue weighted by molar-refractivity contribution is -0.384. The Kier molecular flexibility index (Phi) is 3.28. The Bertz CT molecular complexity index is 544. The van der Waals surface area contributed by atoms with Gasteiger partial charge >= 0.3 is 6.09 Å². The van der Waals surface area contributed by atoms with Crippen molar-refractivity contribution in [3.63, 3.8) is 0 Å². The van der Waals surface area contributed by atoms with Gasteiger partial charge in [-0.25, -0.2) is 4.79 Å². The third-order valence-electron chi connectivity index (χ3n) is 3.36. The number of nitro groups is 1. The van der Waals surface area contributed by atoms with Gasteiger partial charge in [0.25, 0.3) is 5.69 Å². The predicted octanol–water partition coefficient (Wildman–Crippen LogP) is 2.08. The third-order valence-corrected chi connectivity index (χ3v) is 3.36. The molecule has 0 aliphatic carbocycles. The number of amides is 1. The van der Waals surface area contributed by atoms with E-state index in [-0.39, 0.29) is 17.4 Å². The molecule has 1 aliphatic rings. The van der Waals surface area contributed by atoms with Gasteiger partial charge in [0.05, 0.1) is 23.3 Å². The number of hydrogen-bond acceptors (Lipinski definition) is 5. The molecule has 1 heterocycles. The van der Waals surface area contributed by atoms with Crippen LogP contribution in [-0.4, -0.2) is 24.2 Å². The lowest BCUT2D eigenvalue weighted by Crippen LogP contribution is -2.42. The summed E-state index contributed by atoms with van der Waals surface area (Å²) in [6.45, 7) is 1.88. The highest BCUT2D eigenvalue weighted by Crippen LogP contribution is 2.39. The molecular formula is C12H15N3O4. The van der Waals surface area contributed by atoms with Gasteiger partial charge in [-0.1, -0.05) is 0 Å². The van der Waals surface area contributed by atoms with Crippen LogP contribution < -0.4 is 10.6 Å². The SMILES string of the molecule is COC(=O)N1c2ccc(N)c([N+](=O)[O-])c2CC[C@@H]1C. The quantitative estimate of drug-likeness (QED) is 0.476. The van der Waals surface area contributed by atoms with Gasteiger partial charge in [0.15, 0.2) is 0 Å². The molecule has 0 saturated carbocycles. The summed E-state index contributed by atoms with van der Waals surface area (Å²) in [6, 6.07) is 3.01. The summed E-state index contributed by atoms with van der Waals surface area (Å²) < 4.78 is 4.73. The van der Waals surface area contributed by atoms with E-state index in [4.69, 9.17) is 10.5 Å². The van der Waals surface area contributed by atoms with Crippen LogP contribution in [0.5, 0.6) is 0 Å². The Balaban J connectivity index is 2.61. The number of nitro benzene ring substituents is 1. The maximum Gasteiger partial charge on any atom is 0.414 e. The molecule has 0 aromatic heterocycles. The molecule has 2 rings (SSSR count). The number of hydrogen-bond donors (Lipinski definition) is 1. The van der Waals surface area contributed by atoms with E-state index in [1.54, 1.807) is 6.07 Å². The molecule has 0 unspecified atom stereocenters. The van der Waals surface area contributed by atoms with Crippen LogP contribution in [0.25, 0.3) is 0 Å². The highest BCUT2D eigenvalue weighted by Gasteiger charge is 2.34. The fraction of sp³-hybridized carbons (Fsp3) is 0.417. The zero-order valence-corrected chi connectivity index (χ0v) is 10.8. The average Bonchev–Trinajstić information content (AvgIpc) is 2.37. The Morgan fingerprint density at radius 3 is 2.84 bits per heavy atom. The molecular weight excluding hydrogens is 250 g/mol. The first kappa shape index (κ1) is 13.1. The number of ether oxygens (including phenoxy) is 1. The molecule has 0 saturated heterocycles. The number of carbonyl (C=O) groups is 1. The van der Waals surface area contributed by atoms with Crippen LogP contribution in [0.4, 0.5) is 21.9 Å². The number of nitrogen functional groups attached to an aromatic ring is 1. The second-order valence-electron chi connectivity index (χ2n) is 4.49. The molecule has 0 bridgehead atoms. The maximum absolute atomic E-state index is 11.8. The fourth-order valence-corrected chi connectivity index (χ4v) is 2.43. The van der Waals surface area contributed by atoms with Crippen molar-refractivity contribution in [2.45, 2.75) is 25.8 Å². The Hall–Kier alpha value is -2.31. The van der Waals surface area contributed by atoms with Crippen molar-refractivity contribution in [3.05, 3.63) is 27.8 Å². The van der Waals surface area contributed by atoms with E-state index in [9.17, 15) is 14.9 Å². The normalized spacial score (nSPS) is 17.8. The van der Waals surface area contributed by atoms with E-state index < -0.39 is 11.0 Å². The monoisotopic (exact) mass is 265 g/mol. The number of nitrogens with two attached hydrogens (primary N) is 1. The first-order valence-electron chi connectivity index (χ1n) is 5.90. The summed E-state index contributed by atoms with van der Waals surface area (Å²) >= 11 is 0. The highest BCUT2D eigenvalue weighted by molar-refractivity contribution is 5.92. The Morgan fingerprint density at radius 2 is 2.26 bits per heavy atom. The average molecular weight is 265 g/mol. The van der Waals surface area contributed by atoms with Gasteiger partial charge in [-0.3, -0.25) is 15.0 Å². The van der Waals surface area contributed by atoms with Gasteiger partial charge in [0, 0.05) is 6.04 Å². The molecule has 1 atom stereocenters. The summed E-state index contributed by atoms with van der Waals surface area (Å²) in [6.07, 6.45) is 0.630. The van der Waals surface area contributed by atoms with Crippen LogP contribution in [-0.2, 0) is 11.2 Å². The van der Waals surface area contributed by atoms with Gasteiger partial charge in [0.2, 0.25) is 0 Å². The molecule has 1 aromatic rings. The lowest BCUT2D eigenvalue weighted by atomic mass is 9.95. The smallest absolute Gasteiger partial charge is 0.414 e. The Labute approximate surface area is 110 Å². The minimum absolute atomic E-state index is 0.0665. The zero-order chi connectivity index (χ0) is 14.2. The van der Waals surface area contributed by atoms with Crippen molar-refractivity contribution in [2.24, 2.45) is 0 Å². The molecule has 0 spiro atoms. The minimum Gasteiger partial charge on any atom is -0.452 e. The fourth-order valence-electron chi connectivity index (χ4n) is 2.43. The van der Waals surface area contributed by atoms with E-state index in [2.05, 4.69) is 0 Å². The second kappa shape index (κ2) is 4.75. The summed E-state index contributed by atoms with van der Waals surface area (Å²) in [7, 11) is 1.29. The molecule has 102 valence electrons. The van der Waals surface area contributed by atoms with Gasteiger partial charge in [-0.2, -0.15) is 0 Å². The van der Waals surface area contributed by atoms with Gasteiger partial charge in [-0.15, -0.1) is 0 Å². The largest absolute Gasteiger partial charge is 0.452 e. The second-order valence-corrected chi connectivity index (χ2v) is 4.49. The van der Waals surface area contributed by atoms with E-state index in [0.717, 1.165) is 0 Å². The highest BCUT2D eigenvalue weighted by atomic mass is 16.6. The summed E-state index contributed by atoms with van der Waals surface area (Å²) in [5, 5.41) is 11.1. The predicted molar refractivity (Wildman–Crippen MR) is 70.2 cm³/mol. The van der Waals surface area contributed by atoms with Crippen LogP contribution in [0.2, 0.25) is 0 Å². The van der Waals surface area contributed by atoms with E-state index >= 15 is 0 Å². The van der Waals surface area contributed by atoms with Crippen LogP contribution in [0.15, 0.2) is 12.1 Å². The van der Waals surface area contributed by atoms with Crippen molar-refractivity contribution in [1.29, 1.82) is 0 Å². The topological polar surface area (TPSA) is 98.7 Å². The number of fused-ring (bicyclic) bond motifs is 1. The number of nitrogens with zero attached hydrogens (tertiary/aromatic N) is 2. The molecule has 0 radical (unpaired) electrons. The summed E-state index contributed by atoms with van der Waals surface area (Å²) in [5.74, 6) is 0. The molecule has 7 heteroatoms. The number of carbonyl (C=O) groups excluding carboxylic acids is 1. The molecule has 0 fully saturated rings. The number of rotatable bonds is 1. The number of anilines is 2. The summed E-state index contributed by atoms with van der Waals surface area (Å²) in [5.41, 5.74) is 6.66. The maximum atomic E-state index is 11.8. The minimum atomic E-state index is -0.521. The first-order valence-corrected chi connectivity index (χ1v) is 5.90. The zero-order valence-electron chi connectivity index (χ0n) is 10.8. The number of benzene rings is 1. The molecule has 1 aromatic carbocycles. The standard InChI is InChI=1S/C12H15N3O4/c1-7-3-4-8-10(14(7)12(16)19-2)6-5-9(13)11(8)15(17)18/h5-7H,3-4,13H2,1-2H3/t7-/m0/s1. The van der Waals surface area contributed by atoms with Crippen LogP contribution >= 0.6 is 0 Å². The Morgan fingerprint density at radius 1 is 1.58 bits per heavy atom. The van der Waals surface area contributed by atoms with Gasteiger partial charge < -0.3 is 10.5 Å². The molecule has 19 heavy (non-hydrogen) atoms. The first-order chi connectivity index (χ1) is 8.97. The van der Waals surface area contributed by atoms with Crippen LogP contribution in [0.1, 0.15) is 18.9 Å². The van der Waals surface area contributed by atoms with E-state index in [0.29, 0.717) is 24.1 Å². The lowest BCUT2D eigenvalue weighted by Gasteiger charge is -2.33. The molecule has 1 amide bonds. The van der Waals surface area contributed by atoms with Crippen molar-refractivity contribution in [3.8, 4) is 0 Å². The molecule has 7 nitrogen and oxygen atoms in total. The van der Waals surface area contributed by atoms with Gasteiger partial charge in [-0.05, 0) is 31.9 Å². The van der Waals surface area contributed by atoms with E-state index in [1.165, 1.54) is 18.1 Å². The third kappa shape index (κ3) is 2.07. The van der Waals surface area contributed by atoms with Crippen LogP contribution in [0.3, 0.4) is 0 Å². The van der Waals surface area contributed by atoms with Crippen LogP contribution in [0, 0.1) is 10.1 Å². The molecule has 1 aliphatic heterocycles. The van der Waals surface area contributed by atoms with E-state index in [1.807, 2.05) is 6.92 Å². The van der Waals surface area contributed by atoms with Crippen molar-refractivity contribution < 1.29 is 14.5 Å². The van der Waals surface area contributed by atoms with Crippen molar-refractivity contribution in [2.75, 3.05) is 17.7 Å². The van der Waals surface area contributed by atoms with Crippen molar-refractivity contribution in [1.82, 2.24) is 0 Å². The van der Waals surface area contributed by atoms with Gasteiger partial charge in [0.1, 0.15) is 5.69 Å². The molecule has 2 N–H and O–H groups in total. The van der Waals surface area contributed by atoms with Crippen molar-refractivity contribution >= 4 is 23.2 Å². The summed E-state index contributed by atoms with van der Waals surface area (Å²) in [4.78, 5) is 23.9.